The van der Waals surface area contributed by atoms with E-state index in [4.69, 9.17) is 9.57 Å². The summed E-state index contributed by atoms with van der Waals surface area (Å²) in [5.41, 5.74) is 0.287. The van der Waals surface area contributed by atoms with Crippen LogP contribution in [0, 0.1) is 5.92 Å². The van der Waals surface area contributed by atoms with E-state index in [0.29, 0.717) is 31.6 Å². The van der Waals surface area contributed by atoms with E-state index in [2.05, 4.69) is 9.68 Å². The number of rotatable bonds is 5. The molecule has 0 bridgehead atoms. The molecule has 2 atom stereocenters. The smallest absolute Gasteiger partial charge is 0.507 e. The van der Waals surface area contributed by atoms with Gasteiger partial charge in [-0.2, -0.15) is 0 Å². The molecule has 2 aliphatic rings. The number of nitrogens with zero attached hydrogens (tertiary/aromatic N) is 2. The predicted molar refractivity (Wildman–Crippen MR) is 140 cm³/mol. The van der Waals surface area contributed by atoms with E-state index in [1.165, 1.54) is 6.07 Å². The van der Waals surface area contributed by atoms with Crippen LogP contribution < -0.4 is 4.52 Å². The number of benzene rings is 1. The van der Waals surface area contributed by atoms with Crippen molar-refractivity contribution < 1.29 is 43.1 Å². The zero-order valence-electron chi connectivity index (χ0n) is 21.6. The van der Waals surface area contributed by atoms with Crippen molar-refractivity contribution in [1.29, 1.82) is 0 Å². The van der Waals surface area contributed by atoms with Crippen molar-refractivity contribution >= 4 is 25.4 Å². The first-order chi connectivity index (χ1) is 18.0. The van der Waals surface area contributed by atoms with Gasteiger partial charge in [0, 0.05) is 32.0 Å². The number of phosphoric acid groups is 1. The number of carbonyl (C=O) groups is 2. The second kappa shape index (κ2) is 13.6. The van der Waals surface area contributed by atoms with Crippen molar-refractivity contribution in [2.24, 2.45) is 11.1 Å². The summed E-state index contributed by atoms with van der Waals surface area (Å²) in [5, 5.41) is 14.7. The quantitative estimate of drug-likeness (QED) is 0.214. The highest BCUT2D eigenvalue weighted by Crippen LogP contribution is 2.40. The Morgan fingerprint density at radius 1 is 1.16 bits per heavy atom. The van der Waals surface area contributed by atoms with E-state index < -0.39 is 25.6 Å². The summed E-state index contributed by atoms with van der Waals surface area (Å²) < 4.78 is 21.6. The Morgan fingerprint density at radius 3 is 2.61 bits per heavy atom. The number of carbonyl (C=O) groups excluding carboxylic acids is 2. The lowest BCUT2D eigenvalue weighted by atomic mass is 9.99. The first kappa shape index (κ1) is 29.4. The van der Waals surface area contributed by atoms with Gasteiger partial charge >= 0.3 is 13.8 Å². The van der Waals surface area contributed by atoms with Gasteiger partial charge in [0.15, 0.2) is 6.61 Å². The number of cyclic esters (lactones) is 1. The van der Waals surface area contributed by atoms with Gasteiger partial charge in [-0.15, -0.1) is 0 Å². The van der Waals surface area contributed by atoms with Crippen molar-refractivity contribution in [3.63, 3.8) is 0 Å². The minimum atomic E-state index is -4.94. The molecule has 0 saturated carbocycles. The fraction of sp³-hybridized carbons (Fsp3) is 0.500. The third kappa shape index (κ3) is 9.31. The number of piperidine rings is 1. The normalized spacial score (nSPS) is 24.1. The number of hydrogen-bond donors (Lipinski definition) is 3. The van der Waals surface area contributed by atoms with Gasteiger partial charge < -0.3 is 24.1 Å². The minimum Gasteiger partial charge on any atom is -0.507 e. The first-order valence-electron chi connectivity index (χ1n) is 12.6. The van der Waals surface area contributed by atoms with Crippen LogP contribution in [0.25, 0.3) is 0 Å². The molecule has 1 aromatic carbocycles. The molecule has 0 radical (unpaired) electrons. The number of amides is 1. The molecular formula is C26H35N2O9P. The Bertz CT molecular complexity index is 1140. The summed E-state index contributed by atoms with van der Waals surface area (Å²) in [6, 6.07) is 2.17. The number of phosphoric ester groups is 1. The van der Waals surface area contributed by atoms with Gasteiger partial charge in [0.2, 0.25) is 0 Å². The summed E-state index contributed by atoms with van der Waals surface area (Å²) in [7, 11) is -4.94. The fourth-order valence-electron chi connectivity index (χ4n) is 4.23. The molecule has 1 saturated heterocycles. The van der Waals surface area contributed by atoms with Gasteiger partial charge in [-0.3, -0.25) is 14.6 Å². The highest BCUT2D eigenvalue weighted by Gasteiger charge is 2.25. The van der Waals surface area contributed by atoms with E-state index >= 15 is 0 Å². The molecule has 0 aliphatic carbocycles. The zero-order valence-corrected chi connectivity index (χ0v) is 22.5. The van der Waals surface area contributed by atoms with Crippen molar-refractivity contribution in [2.75, 3.05) is 19.7 Å². The van der Waals surface area contributed by atoms with Gasteiger partial charge in [-0.05, 0) is 56.2 Å². The summed E-state index contributed by atoms with van der Waals surface area (Å²) in [5.74, 6) is -1.69. The number of fused-ring (bicyclic) bond motifs is 1. The topological polar surface area (TPSA) is 155 Å². The molecule has 2 heterocycles. The summed E-state index contributed by atoms with van der Waals surface area (Å²) in [6.07, 6.45) is 11.1. The number of hydrogen-bond acceptors (Lipinski definition) is 8. The second-order valence-corrected chi connectivity index (χ2v) is 10.7. The number of phenols is 1. The highest BCUT2D eigenvalue weighted by atomic mass is 31.2. The van der Waals surface area contributed by atoms with E-state index in [0.717, 1.165) is 25.3 Å². The molecule has 1 fully saturated rings. The molecule has 0 aromatic heterocycles. The Hall–Kier alpha value is -3.14. The molecule has 208 valence electrons. The predicted octanol–water partition coefficient (Wildman–Crippen LogP) is 3.88. The van der Waals surface area contributed by atoms with Crippen LogP contribution in [-0.2, 0) is 25.4 Å². The Morgan fingerprint density at radius 2 is 1.89 bits per heavy atom. The zero-order chi connectivity index (χ0) is 27.7. The number of allylic oxidation sites excluding steroid dienone is 3. The monoisotopic (exact) mass is 550 g/mol. The number of esters is 1. The summed E-state index contributed by atoms with van der Waals surface area (Å²) in [6.45, 7) is 4.86. The van der Waals surface area contributed by atoms with E-state index in [9.17, 15) is 29.0 Å². The molecule has 0 spiro atoms. The number of aromatic hydroxyl groups is 1. The average Bonchev–Trinajstić information content (AvgIpc) is 2.82. The highest BCUT2D eigenvalue weighted by molar-refractivity contribution is 7.46. The van der Waals surface area contributed by atoms with Gasteiger partial charge in [0.05, 0.1) is 5.71 Å². The van der Waals surface area contributed by atoms with Crippen LogP contribution >= 0.6 is 7.82 Å². The van der Waals surface area contributed by atoms with E-state index in [-0.39, 0.29) is 41.7 Å². The van der Waals surface area contributed by atoms with Crippen LogP contribution in [0.5, 0.6) is 11.5 Å². The maximum Gasteiger partial charge on any atom is 0.524 e. The lowest BCUT2D eigenvalue weighted by molar-refractivity contribution is -0.137. The molecule has 2 aliphatic heterocycles. The van der Waals surface area contributed by atoms with Crippen LogP contribution in [-0.4, -0.2) is 63.2 Å². The summed E-state index contributed by atoms with van der Waals surface area (Å²) >= 11 is 0. The number of likely N-dealkylation sites (tertiary alicyclic amines) is 1. The first-order valence-corrected chi connectivity index (χ1v) is 14.2. The standard InChI is InChI=1S/C26H35N2O9P/c1-18-8-6-10-19(2)36-26(31)25-20(15-22(16-23(25)29)37-38(32,33)34)14-21(11-7-9-18)27-35-17-24(30)28-12-4-3-5-13-28/h6-8,11,15-16,18-19,29H,3-5,9-10,12-14,17H2,1-2H3,(H2,32,33,34)/b8-6+,11-7+,27-21+/t18-,19+/m0/s1. The molecular weight excluding hydrogens is 515 g/mol. The van der Waals surface area contributed by atoms with Crippen molar-refractivity contribution in [2.45, 2.75) is 58.5 Å². The largest absolute Gasteiger partial charge is 0.524 e. The third-order valence-electron chi connectivity index (χ3n) is 6.11. The van der Waals surface area contributed by atoms with Crippen molar-refractivity contribution in [3.8, 4) is 11.5 Å². The Balaban J connectivity index is 1.94. The number of oxime groups is 1. The molecule has 0 unspecified atom stereocenters. The van der Waals surface area contributed by atoms with Gasteiger partial charge in [-0.1, -0.05) is 30.3 Å². The van der Waals surface area contributed by atoms with Gasteiger partial charge in [0.25, 0.3) is 5.91 Å². The Kier molecular flexibility index (Phi) is 10.5. The maximum atomic E-state index is 13.0. The van der Waals surface area contributed by atoms with Gasteiger partial charge in [0.1, 0.15) is 23.2 Å². The molecule has 12 heteroatoms. The van der Waals surface area contributed by atoms with E-state index in [1.54, 1.807) is 17.9 Å². The molecule has 1 aromatic rings. The lowest BCUT2D eigenvalue weighted by Crippen LogP contribution is -2.37. The molecule has 1 amide bonds. The third-order valence-corrected chi connectivity index (χ3v) is 6.56. The van der Waals surface area contributed by atoms with Crippen LogP contribution in [0.15, 0.2) is 41.6 Å². The average molecular weight is 551 g/mol. The lowest BCUT2D eigenvalue weighted by Gasteiger charge is -2.26. The van der Waals surface area contributed by atoms with Crippen molar-refractivity contribution in [1.82, 2.24) is 4.90 Å². The van der Waals surface area contributed by atoms with Crippen LogP contribution in [0.4, 0.5) is 0 Å². The van der Waals surface area contributed by atoms with Crippen molar-refractivity contribution in [3.05, 3.63) is 47.6 Å². The number of phenolic OH excluding ortho intramolecular Hbond substituents is 1. The molecule has 3 rings (SSSR count). The van der Waals surface area contributed by atoms with Crippen LogP contribution in [0.3, 0.4) is 0 Å². The second-order valence-electron chi connectivity index (χ2n) is 9.53. The van der Waals surface area contributed by atoms with Gasteiger partial charge in [-0.25, -0.2) is 9.36 Å². The fourth-order valence-corrected chi connectivity index (χ4v) is 4.61. The number of ether oxygens (including phenoxy) is 1. The molecule has 38 heavy (non-hydrogen) atoms. The maximum absolute atomic E-state index is 13.0. The summed E-state index contributed by atoms with van der Waals surface area (Å²) in [4.78, 5) is 51.1. The molecule has 3 N–H and O–H groups in total. The minimum absolute atomic E-state index is 0.0800. The van der Waals surface area contributed by atoms with Crippen LogP contribution in [0.2, 0.25) is 0 Å². The van der Waals surface area contributed by atoms with E-state index in [1.807, 2.05) is 25.2 Å². The molecule has 11 nitrogen and oxygen atoms in total. The Labute approximate surface area is 222 Å². The SMILES string of the molecule is C[C@@H]1C/C=C/[C@H](C)C/C=C/C(=N\OCC(=O)N2CCCCC2)Cc2cc(OP(=O)(O)O)cc(O)c2C(=O)O1. The van der Waals surface area contributed by atoms with Crippen LogP contribution in [0.1, 0.15) is 61.9 Å².